The number of pyridine rings is 1. The van der Waals surface area contributed by atoms with Gasteiger partial charge in [0.15, 0.2) is 16.6 Å². The highest BCUT2D eigenvalue weighted by Crippen LogP contribution is 2.46. The van der Waals surface area contributed by atoms with Gasteiger partial charge in [-0.15, -0.1) is 10.2 Å². The number of para-hydroxylation sites is 1. The van der Waals surface area contributed by atoms with Crippen LogP contribution in [0, 0.1) is 0 Å². The molecule has 0 amide bonds. The van der Waals surface area contributed by atoms with E-state index >= 15 is 0 Å². The van der Waals surface area contributed by atoms with E-state index in [-0.39, 0.29) is 0 Å². The number of benzene rings is 3. The minimum atomic E-state index is 0.478. The summed E-state index contributed by atoms with van der Waals surface area (Å²) in [7, 11) is 0. The number of thioether (sulfide) groups is 1. The molecule has 0 saturated heterocycles. The molecule has 4 aromatic rings. The van der Waals surface area contributed by atoms with Gasteiger partial charge in [-0.2, -0.15) is 0 Å². The lowest BCUT2D eigenvalue weighted by Gasteiger charge is -2.38. The van der Waals surface area contributed by atoms with Crippen molar-refractivity contribution in [2.75, 3.05) is 9.80 Å². The number of azo groups is 1. The molecule has 1 aromatic heterocycles. The van der Waals surface area contributed by atoms with Crippen molar-refractivity contribution in [2.45, 2.75) is 4.90 Å². The third-order valence-electron chi connectivity index (χ3n) is 5.58. The number of anilines is 2. The molecular weight excluding hydrogens is 543 g/mol. The lowest BCUT2D eigenvalue weighted by Crippen LogP contribution is -2.51. The fourth-order valence-corrected chi connectivity index (χ4v) is 5.69. The average molecular weight is 560 g/mol. The van der Waals surface area contributed by atoms with Gasteiger partial charge in [-0.25, -0.2) is 9.98 Å². The van der Waals surface area contributed by atoms with Crippen molar-refractivity contribution >= 4 is 81.0 Å². The van der Waals surface area contributed by atoms with Crippen molar-refractivity contribution in [1.82, 2.24) is 4.98 Å². The van der Waals surface area contributed by atoms with Crippen LogP contribution in [0.5, 0.6) is 0 Å². The van der Waals surface area contributed by atoms with E-state index in [1.54, 1.807) is 12.3 Å². The van der Waals surface area contributed by atoms with E-state index in [1.807, 2.05) is 94.7 Å². The van der Waals surface area contributed by atoms with Crippen LogP contribution >= 0.6 is 47.2 Å². The molecule has 0 unspecified atom stereocenters. The van der Waals surface area contributed by atoms with Gasteiger partial charge in [0.05, 0.1) is 10.7 Å². The maximum absolute atomic E-state index is 6.39. The van der Waals surface area contributed by atoms with Crippen LogP contribution in [0.15, 0.2) is 128 Å². The van der Waals surface area contributed by atoms with E-state index in [4.69, 9.17) is 45.5 Å². The van der Waals surface area contributed by atoms with Crippen molar-refractivity contribution in [1.29, 1.82) is 0 Å². The van der Waals surface area contributed by atoms with Crippen LogP contribution in [0.4, 0.5) is 22.9 Å². The number of thiocarbonyl (C=S) groups is 1. The van der Waals surface area contributed by atoms with E-state index < -0.39 is 0 Å². The van der Waals surface area contributed by atoms with Crippen molar-refractivity contribution in [3.63, 3.8) is 0 Å². The van der Waals surface area contributed by atoms with E-state index in [0.717, 1.165) is 21.3 Å². The van der Waals surface area contributed by atoms with Crippen LogP contribution < -0.4 is 9.80 Å². The summed E-state index contributed by atoms with van der Waals surface area (Å²) in [6.45, 7) is 0. The first-order valence-corrected chi connectivity index (χ1v) is 13.2. The van der Waals surface area contributed by atoms with Crippen LogP contribution in [0.3, 0.4) is 0 Å². The Hall–Kier alpha value is -3.56. The standard InChI is InChI=1S/C27H16Cl2N6S2/c28-17-12-14-18(15-13-17)34-26-24(33-32-20-8-2-1-7-19(20)29)25(31-21-9-3-4-10-22(21)37-26)35(27(34)36)23-11-5-6-16-30-23/h1-16H. The highest BCUT2D eigenvalue weighted by atomic mass is 35.5. The molecule has 0 fully saturated rings. The van der Waals surface area contributed by atoms with Crippen LogP contribution in [-0.2, 0) is 0 Å². The summed E-state index contributed by atoms with van der Waals surface area (Å²) in [6, 6.07) is 28.4. The molecule has 0 N–H and O–H groups in total. The fourth-order valence-electron chi connectivity index (χ4n) is 3.87. The minimum Gasteiger partial charge on any atom is -0.278 e. The number of amidine groups is 1. The number of aromatic nitrogens is 1. The molecule has 6 nitrogen and oxygen atoms in total. The molecule has 3 heterocycles. The quantitative estimate of drug-likeness (QED) is 0.185. The highest BCUT2D eigenvalue weighted by molar-refractivity contribution is 8.03. The van der Waals surface area contributed by atoms with Gasteiger partial charge in [-0.3, -0.25) is 9.80 Å². The summed E-state index contributed by atoms with van der Waals surface area (Å²) < 4.78 is 0. The maximum atomic E-state index is 6.39. The normalized spacial score (nSPS) is 15.1. The van der Waals surface area contributed by atoms with Gasteiger partial charge in [0.25, 0.3) is 0 Å². The third kappa shape index (κ3) is 4.53. The summed E-state index contributed by atoms with van der Waals surface area (Å²) in [5.74, 6) is 1.14. The number of rotatable bonds is 4. The van der Waals surface area contributed by atoms with Crippen LogP contribution in [0.25, 0.3) is 0 Å². The molecule has 2 aliphatic rings. The molecule has 0 radical (unpaired) electrons. The Labute approximate surface area is 233 Å². The summed E-state index contributed by atoms with van der Waals surface area (Å²) in [5.41, 5.74) is 2.70. The second-order valence-corrected chi connectivity index (χ2v) is 10.2. The first kappa shape index (κ1) is 23.8. The highest BCUT2D eigenvalue weighted by Gasteiger charge is 2.40. The second-order valence-electron chi connectivity index (χ2n) is 7.93. The lowest BCUT2D eigenvalue weighted by atomic mass is 10.2. The van der Waals surface area contributed by atoms with E-state index in [9.17, 15) is 0 Å². The van der Waals surface area contributed by atoms with Crippen molar-refractivity contribution in [2.24, 2.45) is 15.2 Å². The topological polar surface area (TPSA) is 56.5 Å². The summed E-state index contributed by atoms with van der Waals surface area (Å²) >= 11 is 20.2. The largest absolute Gasteiger partial charge is 0.278 e. The molecule has 2 bridgehead atoms. The number of hydrogen-bond acceptors (Lipinski definition) is 6. The number of fused-ring (bicyclic) bond motifs is 2. The maximum Gasteiger partial charge on any atom is 0.192 e. The second kappa shape index (κ2) is 10.1. The number of nitrogens with zero attached hydrogens (tertiary/aromatic N) is 6. The summed E-state index contributed by atoms with van der Waals surface area (Å²) in [6.07, 6.45) is 1.72. The number of hydrogen-bond donors (Lipinski definition) is 0. The molecule has 37 heavy (non-hydrogen) atoms. The number of halogens is 2. The Morgan fingerprint density at radius 3 is 2.32 bits per heavy atom. The Bertz CT molecular complexity index is 1600. The molecule has 180 valence electrons. The molecule has 2 aliphatic heterocycles. The van der Waals surface area contributed by atoms with E-state index in [0.29, 0.717) is 38.2 Å². The Balaban J connectivity index is 1.63. The van der Waals surface area contributed by atoms with Gasteiger partial charge in [0.2, 0.25) is 0 Å². The average Bonchev–Trinajstić information content (AvgIpc) is 3.04. The van der Waals surface area contributed by atoms with E-state index in [1.165, 1.54) is 11.8 Å². The van der Waals surface area contributed by atoms with Gasteiger partial charge in [-0.1, -0.05) is 65.3 Å². The first-order chi connectivity index (χ1) is 18.1. The van der Waals surface area contributed by atoms with Crippen LogP contribution in [-0.4, -0.2) is 15.9 Å². The zero-order valence-electron chi connectivity index (χ0n) is 19.0. The van der Waals surface area contributed by atoms with Gasteiger partial charge in [0.1, 0.15) is 16.5 Å². The Morgan fingerprint density at radius 2 is 1.54 bits per heavy atom. The Kier molecular flexibility index (Phi) is 6.48. The third-order valence-corrected chi connectivity index (χ3v) is 7.65. The predicted molar refractivity (Wildman–Crippen MR) is 156 cm³/mol. The van der Waals surface area contributed by atoms with Crippen molar-refractivity contribution in [3.05, 3.63) is 118 Å². The Morgan fingerprint density at radius 1 is 0.784 bits per heavy atom. The zero-order valence-corrected chi connectivity index (χ0v) is 22.1. The first-order valence-electron chi connectivity index (χ1n) is 11.2. The molecule has 0 atom stereocenters. The molecule has 0 saturated carbocycles. The monoisotopic (exact) mass is 558 g/mol. The van der Waals surface area contributed by atoms with Gasteiger partial charge in [-0.05, 0) is 72.9 Å². The molecule has 0 aliphatic carbocycles. The van der Waals surface area contributed by atoms with Crippen LogP contribution in [0.2, 0.25) is 10.0 Å². The predicted octanol–water partition coefficient (Wildman–Crippen LogP) is 8.79. The van der Waals surface area contributed by atoms with Gasteiger partial charge < -0.3 is 0 Å². The zero-order chi connectivity index (χ0) is 25.4. The fraction of sp³-hybridized carbons (Fsp3) is 0. The molecule has 3 aromatic carbocycles. The van der Waals surface area contributed by atoms with Crippen LogP contribution in [0.1, 0.15) is 0 Å². The lowest BCUT2D eigenvalue weighted by molar-refractivity contribution is 1.10. The molecule has 0 spiro atoms. The summed E-state index contributed by atoms with van der Waals surface area (Å²) in [5, 5.41) is 11.6. The van der Waals surface area contributed by atoms with Crippen molar-refractivity contribution < 1.29 is 0 Å². The number of aliphatic imine (C=N–C) groups is 1. The minimum absolute atomic E-state index is 0.478. The van der Waals surface area contributed by atoms with Crippen molar-refractivity contribution in [3.8, 4) is 0 Å². The molecular formula is C27H16Cl2N6S2. The van der Waals surface area contributed by atoms with Gasteiger partial charge in [0, 0.05) is 21.8 Å². The van der Waals surface area contributed by atoms with E-state index in [2.05, 4.69) is 10.1 Å². The smallest absolute Gasteiger partial charge is 0.192 e. The summed E-state index contributed by atoms with van der Waals surface area (Å²) in [4.78, 5) is 14.3. The SMILES string of the molecule is S=C1N(c2ccc(Cl)cc2)C2=C(N=Nc3ccccc3Cl)C(=Nc3ccccc3S2)N1c1ccccn1. The molecule has 10 heteroatoms. The van der Waals surface area contributed by atoms with Gasteiger partial charge >= 0.3 is 0 Å². The molecule has 6 rings (SSSR count).